The van der Waals surface area contributed by atoms with Crippen LogP contribution in [0.2, 0.25) is 10.0 Å². The normalized spacial score (nSPS) is 12.4. The molecule has 0 spiro atoms. The van der Waals surface area contributed by atoms with Gasteiger partial charge in [-0.05, 0) is 67.4 Å². The number of nitrogens with one attached hydrogen (secondary N) is 1. The number of aromatic nitrogens is 2. The molecule has 9 nitrogen and oxygen atoms in total. The molecule has 0 radical (unpaired) electrons. The third kappa shape index (κ3) is 6.12. The molecular weight excluding hydrogens is 579 g/mol. The fourth-order valence-electron chi connectivity index (χ4n) is 4.74. The minimum absolute atomic E-state index is 0.143. The summed E-state index contributed by atoms with van der Waals surface area (Å²) in [6.45, 7) is 2.79. The zero-order chi connectivity index (χ0) is 29.8. The average molecular weight is 607 g/mol. The molecular formula is C31H28Cl2N4O5. The SMILES string of the molecule is CCOC(=O)c1cccc(-n2c(NCc3ccc(OC)cc3)nc3c(c2=O)CCN(C(=O)c2ccc(Cl)c(Cl)c2)C3)c1. The van der Waals surface area contributed by atoms with E-state index in [1.54, 1.807) is 55.3 Å². The number of methoxy groups -OCH3 is 1. The number of benzene rings is 3. The number of ether oxygens (including phenoxy) is 2. The van der Waals surface area contributed by atoms with E-state index in [1.165, 1.54) is 10.6 Å². The highest BCUT2D eigenvalue weighted by Crippen LogP contribution is 2.26. The first-order valence-corrected chi connectivity index (χ1v) is 14.1. The highest BCUT2D eigenvalue weighted by molar-refractivity contribution is 6.42. The molecule has 0 saturated carbocycles. The molecule has 5 rings (SSSR count). The van der Waals surface area contributed by atoms with E-state index in [4.69, 9.17) is 37.7 Å². The lowest BCUT2D eigenvalue weighted by Crippen LogP contribution is -2.40. The van der Waals surface area contributed by atoms with E-state index in [0.29, 0.717) is 52.6 Å². The first-order valence-electron chi connectivity index (χ1n) is 13.3. The van der Waals surface area contributed by atoms with Crippen molar-refractivity contribution in [3.8, 4) is 11.4 Å². The van der Waals surface area contributed by atoms with Crippen LogP contribution in [-0.2, 0) is 24.2 Å². The van der Waals surface area contributed by atoms with Crippen LogP contribution in [0.5, 0.6) is 5.75 Å². The molecule has 42 heavy (non-hydrogen) atoms. The maximum atomic E-state index is 14.0. The van der Waals surface area contributed by atoms with Gasteiger partial charge in [0, 0.05) is 24.2 Å². The van der Waals surface area contributed by atoms with Gasteiger partial charge in [-0.2, -0.15) is 0 Å². The maximum absolute atomic E-state index is 14.0. The molecule has 2 heterocycles. The molecule has 1 aliphatic heterocycles. The van der Waals surface area contributed by atoms with Crippen molar-refractivity contribution in [3.63, 3.8) is 0 Å². The van der Waals surface area contributed by atoms with Gasteiger partial charge >= 0.3 is 5.97 Å². The first kappa shape index (κ1) is 29.2. The summed E-state index contributed by atoms with van der Waals surface area (Å²) in [4.78, 5) is 46.2. The molecule has 216 valence electrons. The van der Waals surface area contributed by atoms with Gasteiger partial charge in [0.05, 0.1) is 47.3 Å². The van der Waals surface area contributed by atoms with Crippen LogP contribution in [-0.4, -0.2) is 46.6 Å². The van der Waals surface area contributed by atoms with Gasteiger partial charge in [-0.1, -0.05) is 41.4 Å². The number of hydrogen-bond donors (Lipinski definition) is 1. The predicted molar refractivity (Wildman–Crippen MR) is 161 cm³/mol. The van der Waals surface area contributed by atoms with Gasteiger partial charge in [0.15, 0.2) is 0 Å². The van der Waals surface area contributed by atoms with Crippen LogP contribution in [0.25, 0.3) is 5.69 Å². The highest BCUT2D eigenvalue weighted by atomic mass is 35.5. The average Bonchev–Trinajstić information content (AvgIpc) is 3.01. The van der Waals surface area contributed by atoms with E-state index in [0.717, 1.165) is 11.3 Å². The summed E-state index contributed by atoms with van der Waals surface area (Å²) in [5, 5.41) is 3.93. The lowest BCUT2D eigenvalue weighted by atomic mass is 10.0. The first-order chi connectivity index (χ1) is 20.3. The molecule has 0 fully saturated rings. The minimum atomic E-state index is -0.484. The van der Waals surface area contributed by atoms with E-state index >= 15 is 0 Å². The Kier molecular flexibility index (Phi) is 8.80. The number of carbonyl (C=O) groups excluding carboxylic acids is 2. The monoisotopic (exact) mass is 606 g/mol. The Labute approximate surface area is 252 Å². The van der Waals surface area contributed by atoms with Crippen LogP contribution in [0, 0.1) is 0 Å². The number of fused-ring (bicyclic) bond motifs is 1. The number of esters is 1. The van der Waals surface area contributed by atoms with Gasteiger partial charge in [0.25, 0.3) is 11.5 Å². The molecule has 4 aromatic rings. The Morgan fingerprint density at radius 1 is 1.00 bits per heavy atom. The molecule has 1 amide bonds. The molecule has 1 N–H and O–H groups in total. The fourth-order valence-corrected chi connectivity index (χ4v) is 5.04. The molecule has 1 aromatic heterocycles. The second kappa shape index (κ2) is 12.7. The van der Waals surface area contributed by atoms with Gasteiger partial charge < -0.3 is 19.7 Å². The summed E-state index contributed by atoms with van der Waals surface area (Å²) >= 11 is 12.2. The fraction of sp³-hybridized carbons (Fsp3) is 0.226. The minimum Gasteiger partial charge on any atom is -0.497 e. The molecule has 0 atom stereocenters. The Morgan fingerprint density at radius 2 is 1.79 bits per heavy atom. The number of amides is 1. The lowest BCUT2D eigenvalue weighted by molar-refractivity contribution is 0.0526. The van der Waals surface area contributed by atoms with Crippen molar-refractivity contribution in [2.45, 2.75) is 26.4 Å². The van der Waals surface area contributed by atoms with E-state index in [1.807, 2.05) is 24.3 Å². The standard InChI is InChI=1S/C31H28Cl2N4O5/c1-3-42-30(40)21-5-4-6-22(15-21)37-29(39)24-13-14-36(28(38)20-9-12-25(32)26(33)16-20)18-27(24)35-31(37)34-17-19-7-10-23(41-2)11-8-19/h4-12,15-16H,3,13-14,17-18H2,1-2H3,(H,34,35). The van der Waals surface area contributed by atoms with Crippen molar-refractivity contribution in [3.05, 3.63) is 115 Å². The van der Waals surface area contributed by atoms with Crippen molar-refractivity contribution in [1.29, 1.82) is 0 Å². The number of halogens is 2. The van der Waals surface area contributed by atoms with Gasteiger partial charge in [-0.15, -0.1) is 0 Å². The summed E-state index contributed by atoms with van der Waals surface area (Å²) in [6.07, 6.45) is 0.310. The Hall–Kier alpha value is -4.34. The molecule has 0 saturated heterocycles. The summed E-state index contributed by atoms with van der Waals surface area (Å²) in [6, 6.07) is 18.9. The Balaban J connectivity index is 1.52. The number of nitrogens with zero attached hydrogens (tertiary/aromatic N) is 3. The largest absolute Gasteiger partial charge is 0.497 e. The summed E-state index contributed by atoms with van der Waals surface area (Å²) in [5.41, 5.74) is 2.84. The van der Waals surface area contributed by atoms with Gasteiger partial charge in [-0.25, -0.2) is 14.3 Å². The quantitative estimate of drug-likeness (QED) is 0.263. The van der Waals surface area contributed by atoms with E-state index < -0.39 is 5.97 Å². The molecule has 0 aliphatic carbocycles. The number of carbonyl (C=O) groups is 2. The van der Waals surface area contributed by atoms with Crippen LogP contribution in [0.15, 0.2) is 71.5 Å². The smallest absolute Gasteiger partial charge is 0.338 e. The van der Waals surface area contributed by atoms with Gasteiger partial charge in [0.2, 0.25) is 5.95 Å². The second-order valence-corrected chi connectivity index (χ2v) is 10.4. The number of rotatable bonds is 8. The van der Waals surface area contributed by atoms with Gasteiger partial charge in [-0.3, -0.25) is 9.59 Å². The summed E-state index contributed by atoms with van der Waals surface area (Å²) in [7, 11) is 1.60. The summed E-state index contributed by atoms with van der Waals surface area (Å²) < 4.78 is 11.9. The molecule has 0 bridgehead atoms. The van der Waals surface area contributed by atoms with Crippen molar-refractivity contribution in [1.82, 2.24) is 14.5 Å². The molecule has 1 aliphatic rings. The third-order valence-corrected chi connectivity index (χ3v) is 7.65. The molecule has 3 aromatic carbocycles. The zero-order valence-corrected chi connectivity index (χ0v) is 24.5. The Morgan fingerprint density at radius 3 is 2.50 bits per heavy atom. The van der Waals surface area contributed by atoms with Crippen LogP contribution >= 0.6 is 23.2 Å². The van der Waals surface area contributed by atoms with E-state index in [2.05, 4.69) is 5.32 Å². The topological polar surface area (TPSA) is 103 Å². The maximum Gasteiger partial charge on any atom is 0.338 e. The second-order valence-electron chi connectivity index (χ2n) is 9.58. The lowest BCUT2D eigenvalue weighted by Gasteiger charge is -2.29. The zero-order valence-electron chi connectivity index (χ0n) is 23.0. The van der Waals surface area contributed by atoms with Crippen LogP contribution < -0.4 is 15.6 Å². The van der Waals surface area contributed by atoms with Crippen molar-refractivity contribution in [2.24, 2.45) is 0 Å². The molecule has 0 unspecified atom stereocenters. The van der Waals surface area contributed by atoms with Crippen LogP contribution in [0.4, 0.5) is 5.95 Å². The van der Waals surface area contributed by atoms with Crippen molar-refractivity contribution < 1.29 is 19.1 Å². The Bertz CT molecular complexity index is 1710. The van der Waals surface area contributed by atoms with Crippen LogP contribution in [0.3, 0.4) is 0 Å². The highest BCUT2D eigenvalue weighted by Gasteiger charge is 2.28. The van der Waals surface area contributed by atoms with E-state index in [9.17, 15) is 14.4 Å². The van der Waals surface area contributed by atoms with Gasteiger partial charge in [0.1, 0.15) is 5.75 Å². The number of hydrogen-bond acceptors (Lipinski definition) is 7. The van der Waals surface area contributed by atoms with Crippen LogP contribution in [0.1, 0.15) is 44.5 Å². The third-order valence-electron chi connectivity index (χ3n) is 6.91. The van der Waals surface area contributed by atoms with Crippen molar-refractivity contribution in [2.75, 3.05) is 25.6 Å². The summed E-state index contributed by atoms with van der Waals surface area (Å²) in [5.74, 6) is 0.284. The number of anilines is 1. The van der Waals surface area contributed by atoms with E-state index in [-0.39, 0.29) is 35.6 Å². The molecule has 11 heteroatoms. The van der Waals surface area contributed by atoms with Crippen molar-refractivity contribution >= 4 is 41.0 Å². The predicted octanol–water partition coefficient (Wildman–Crippen LogP) is 5.54.